The topological polar surface area (TPSA) is 52.6 Å². The molecular formula is C19H20O4. The Kier molecular flexibility index (Phi) is 5.52. The summed E-state index contributed by atoms with van der Waals surface area (Å²) in [7, 11) is 0. The fraction of sp³-hybridized carbons (Fsp3) is 0.263. The first kappa shape index (κ1) is 16.7. The number of carbonyl (C=O) groups excluding carboxylic acids is 2. The molecule has 0 N–H and O–H groups in total. The zero-order valence-electron chi connectivity index (χ0n) is 13.5. The Balaban J connectivity index is 2.08. The van der Waals surface area contributed by atoms with E-state index in [-0.39, 0.29) is 5.92 Å². The molecular weight excluding hydrogens is 292 g/mol. The lowest BCUT2D eigenvalue weighted by Gasteiger charge is -2.09. The van der Waals surface area contributed by atoms with Gasteiger partial charge in [-0.3, -0.25) is 0 Å². The smallest absolute Gasteiger partial charge is 0.343 e. The Morgan fingerprint density at radius 3 is 2.26 bits per heavy atom. The highest BCUT2D eigenvalue weighted by Crippen LogP contribution is 2.17. The van der Waals surface area contributed by atoms with Crippen LogP contribution >= 0.6 is 0 Å². The van der Waals surface area contributed by atoms with E-state index >= 15 is 0 Å². The van der Waals surface area contributed by atoms with E-state index in [1.807, 2.05) is 26.8 Å². The van der Waals surface area contributed by atoms with Crippen LogP contribution < -0.4 is 4.74 Å². The van der Waals surface area contributed by atoms with Crippen LogP contribution in [0.4, 0.5) is 0 Å². The molecule has 4 heteroatoms. The zero-order chi connectivity index (χ0) is 16.8. The van der Waals surface area contributed by atoms with Crippen molar-refractivity contribution < 1.29 is 19.1 Å². The van der Waals surface area contributed by atoms with E-state index in [9.17, 15) is 9.59 Å². The molecule has 0 atom stereocenters. The lowest BCUT2D eigenvalue weighted by Crippen LogP contribution is -2.11. The Labute approximate surface area is 136 Å². The van der Waals surface area contributed by atoms with Gasteiger partial charge in [-0.2, -0.15) is 0 Å². The molecule has 0 aliphatic rings. The maximum atomic E-state index is 12.1. The average molecular weight is 312 g/mol. The van der Waals surface area contributed by atoms with E-state index in [2.05, 4.69) is 0 Å². The molecule has 0 bridgehead atoms. The lowest BCUT2D eigenvalue weighted by molar-refractivity contribution is 0.0457. The molecule has 2 aromatic rings. The summed E-state index contributed by atoms with van der Waals surface area (Å²) in [6.45, 7) is 6.19. The van der Waals surface area contributed by atoms with Crippen LogP contribution in [0.1, 0.15) is 40.1 Å². The molecule has 0 unspecified atom stereocenters. The van der Waals surface area contributed by atoms with Crippen LogP contribution in [-0.4, -0.2) is 18.5 Å². The van der Waals surface area contributed by atoms with Crippen LogP contribution in [-0.2, 0) is 4.74 Å². The molecule has 0 saturated carbocycles. The average Bonchev–Trinajstić information content (AvgIpc) is 2.52. The summed E-state index contributed by atoms with van der Waals surface area (Å²) in [5, 5.41) is 0. The molecule has 0 saturated heterocycles. The normalized spacial score (nSPS) is 10.4. The van der Waals surface area contributed by atoms with Gasteiger partial charge in [-0.25, -0.2) is 9.59 Å². The third kappa shape index (κ3) is 4.95. The third-order valence-corrected chi connectivity index (χ3v) is 3.08. The Morgan fingerprint density at radius 2 is 1.61 bits per heavy atom. The van der Waals surface area contributed by atoms with Crippen molar-refractivity contribution in [3.63, 3.8) is 0 Å². The molecule has 0 aromatic heterocycles. The van der Waals surface area contributed by atoms with Gasteiger partial charge in [-0.05, 0) is 43.2 Å². The number of aryl methyl sites for hydroxylation is 1. The highest BCUT2D eigenvalue weighted by atomic mass is 16.5. The quantitative estimate of drug-likeness (QED) is 0.618. The molecule has 4 nitrogen and oxygen atoms in total. The molecule has 0 aliphatic heterocycles. The number of hydrogen-bond acceptors (Lipinski definition) is 4. The Hall–Kier alpha value is -2.62. The summed E-state index contributed by atoms with van der Waals surface area (Å²) < 4.78 is 10.5. The molecule has 0 heterocycles. The summed E-state index contributed by atoms with van der Waals surface area (Å²) in [4.78, 5) is 24.1. The van der Waals surface area contributed by atoms with Crippen LogP contribution in [0.3, 0.4) is 0 Å². The number of ether oxygens (including phenoxy) is 2. The van der Waals surface area contributed by atoms with Crippen molar-refractivity contribution in [1.82, 2.24) is 0 Å². The van der Waals surface area contributed by atoms with Gasteiger partial charge >= 0.3 is 11.9 Å². The minimum absolute atomic E-state index is 0.265. The second kappa shape index (κ2) is 7.58. The van der Waals surface area contributed by atoms with Crippen molar-refractivity contribution in [2.75, 3.05) is 6.61 Å². The maximum Gasteiger partial charge on any atom is 0.343 e. The molecule has 0 fully saturated rings. The van der Waals surface area contributed by atoms with Gasteiger partial charge < -0.3 is 9.47 Å². The van der Waals surface area contributed by atoms with Crippen molar-refractivity contribution in [1.29, 1.82) is 0 Å². The molecule has 0 spiro atoms. The van der Waals surface area contributed by atoms with Gasteiger partial charge in [0.2, 0.25) is 0 Å². The predicted molar refractivity (Wildman–Crippen MR) is 87.7 cm³/mol. The van der Waals surface area contributed by atoms with Crippen molar-refractivity contribution in [3.05, 3.63) is 65.2 Å². The van der Waals surface area contributed by atoms with Crippen LogP contribution in [0.2, 0.25) is 0 Å². The zero-order valence-corrected chi connectivity index (χ0v) is 13.5. The fourth-order valence-electron chi connectivity index (χ4n) is 1.95. The SMILES string of the molecule is Cc1cccc(C(=O)Oc2cccc(C(=O)OCC(C)C)c2)c1. The first-order valence-electron chi connectivity index (χ1n) is 7.51. The second-order valence-corrected chi connectivity index (χ2v) is 5.78. The highest BCUT2D eigenvalue weighted by molar-refractivity contribution is 5.92. The van der Waals surface area contributed by atoms with Gasteiger partial charge in [-0.15, -0.1) is 0 Å². The number of esters is 2. The van der Waals surface area contributed by atoms with E-state index in [0.29, 0.717) is 23.5 Å². The van der Waals surface area contributed by atoms with Gasteiger partial charge in [0.25, 0.3) is 0 Å². The lowest BCUT2D eigenvalue weighted by atomic mass is 10.1. The molecule has 0 amide bonds. The number of benzene rings is 2. The summed E-state index contributed by atoms with van der Waals surface area (Å²) in [6, 6.07) is 13.6. The molecule has 120 valence electrons. The Bertz CT molecular complexity index is 704. The van der Waals surface area contributed by atoms with Crippen molar-refractivity contribution in [3.8, 4) is 5.75 Å². The molecule has 23 heavy (non-hydrogen) atoms. The maximum absolute atomic E-state index is 12.1. The first-order chi connectivity index (χ1) is 11.0. The summed E-state index contributed by atoms with van der Waals surface area (Å²) in [6.07, 6.45) is 0. The number of rotatable bonds is 5. The van der Waals surface area contributed by atoms with E-state index in [1.54, 1.807) is 36.4 Å². The number of hydrogen-bond donors (Lipinski definition) is 0. The van der Waals surface area contributed by atoms with Crippen molar-refractivity contribution in [2.24, 2.45) is 5.92 Å². The summed E-state index contributed by atoms with van der Waals surface area (Å²) >= 11 is 0. The van der Waals surface area contributed by atoms with E-state index < -0.39 is 11.9 Å². The van der Waals surface area contributed by atoms with E-state index in [4.69, 9.17) is 9.47 Å². The van der Waals surface area contributed by atoms with Gasteiger partial charge in [0, 0.05) is 0 Å². The van der Waals surface area contributed by atoms with Crippen LogP contribution in [0.5, 0.6) is 5.75 Å². The van der Waals surface area contributed by atoms with Gasteiger partial charge in [0.1, 0.15) is 5.75 Å². The van der Waals surface area contributed by atoms with E-state index in [1.165, 1.54) is 6.07 Å². The molecule has 0 radical (unpaired) electrons. The van der Waals surface area contributed by atoms with Crippen LogP contribution in [0.25, 0.3) is 0 Å². The monoisotopic (exact) mass is 312 g/mol. The molecule has 0 aliphatic carbocycles. The molecule has 2 rings (SSSR count). The van der Waals surface area contributed by atoms with Crippen molar-refractivity contribution in [2.45, 2.75) is 20.8 Å². The molecule has 2 aromatic carbocycles. The standard InChI is InChI=1S/C19H20O4/c1-13(2)12-22-18(20)16-8-5-9-17(11-16)23-19(21)15-7-4-6-14(3)10-15/h4-11,13H,12H2,1-3H3. The van der Waals surface area contributed by atoms with Gasteiger partial charge in [0.15, 0.2) is 0 Å². The number of carbonyl (C=O) groups is 2. The van der Waals surface area contributed by atoms with E-state index in [0.717, 1.165) is 5.56 Å². The summed E-state index contributed by atoms with van der Waals surface area (Å²) in [5.41, 5.74) is 1.81. The van der Waals surface area contributed by atoms with Crippen LogP contribution in [0.15, 0.2) is 48.5 Å². The second-order valence-electron chi connectivity index (χ2n) is 5.78. The van der Waals surface area contributed by atoms with Crippen LogP contribution in [0, 0.1) is 12.8 Å². The largest absolute Gasteiger partial charge is 0.462 e. The van der Waals surface area contributed by atoms with Gasteiger partial charge in [0.05, 0.1) is 17.7 Å². The van der Waals surface area contributed by atoms with Crippen molar-refractivity contribution >= 4 is 11.9 Å². The first-order valence-corrected chi connectivity index (χ1v) is 7.51. The predicted octanol–water partition coefficient (Wildman–Crippen LogP) is 4.03. The minimum Gasteiger partial charge on any atom is -0.462 e. The third-order valence-electron chi connectivity index (χ3n) is 3.08. The fourth-order valence-corrected chi connectivity index (χ4v) is 1.95. The van der Waals surface area contributed by atoms with Gasteiger partial charge in [-0.1, -0.05) is 37.6 Å². The minimum atomic E-state index is -0.457. The Morgan fingerprint density at radius 1 is 0.957 bits per heavy atom. The highest BCUT2D eigenvalue weighted by Gasteiger charge is 2.12. The summed E-state index contributed by atoms with van der Waals surface area (Å²) in [5.74, 6) is -0.301.